The second-order valence-corrected chi connectivity index (χ2v) is 6.58. The highest BCUT2D eigenvalue weighted by molar-refractivity contribution is 6.31. The molecule has 0 aliphatic rings. The highest BCUT2D eigenvalue weighted by Gasteiger charge is 2.13. The Labute approximate surface area is 160 Å². The van der Waals surface area contributed by atoms with Crippen LogP contribution in [0.15, 0.2) is 36.4 Å². The van der Waals surface area contributed by atoms with Gasteiger partial charge >= 0.3 is 0 Å². The third kappa shape index (κ3) is 5.89. The van der Waals surface area contributed by atoms with Crippen molar-refractivity contribution in [3.05, 3.63) is 58.4 Å². The Morgan fingerprint density at radius 2 is 1.88 bits per heavy atom. The molecular formula is C21H27ClFNO2. The van der Waals surface area contributed by atoms with Crippen molar-refractivity contribution >= 4 is 11.6 Å². The van der Waals surface area contributed by atoms with Gasteiger partial charge in [-0.2, -0.15) is 0 Å². The van der Waals surface area contributed by atoms with Crippen LogP contribution in [0.5, 0.6) is 11.5 Å². The fraction of sp³-hybridized carbons (Fsp3) is 0.429. The summed E-state index contributed by atoms with van der Waals surface area (Å²) in [7, 11) is 1.60. The summed E-state index contributed by atoms with van der Waals surface area (Å²) in [6.45, 7) is 3.88. The molecule has 0 bridgehead atoms. The molecule has 0 aliphatic carbocycles. The molecule has 0 fully saturated rings. The summed E-state index contributed by atoms with van der Waals surface area (Å²) in [5, 5.41) is 3.79. The normalized spacial score (nSPS) is 10.8. The van der Waals surface area contributed by atoms with Crippen molar-refractivity contribution in [1.29, 1.82) is 0 Å². The molecule has 0 saturated heterocycles. The maximum Gasteiger partial charge on any atom is 0.166 e. The lowest BCUT2D eigenvalue weighted by molar-refractivity contribution is 0.276. The zero-order valence-electron chi connectivity index (χ0n) is 15.5. The fourth-order valence-corrected chi connectivity index (χ4v) is 2.96. The number of benzene rings is 2. The molecule has 0 heterocycles. The van der Waals surface area contributed by atoms with Crippen LogP contribution >= 0.6 is 11.6 Å². The van der Waals surface area contributed by atoms with Gasteiger partial charge in [-0.15, -0.1) is 0 Å². The van der Waals surface area contributed by atoms with Gasteiger partial charge in [0.1, 0.15) is 12.4 Å². The second kappa shape index (κ2) is 11.0. The molecular weight excluding hydrogens is 353 g/mol. The van der Waals surface area contributed by atoms with Crippen LogP contribution in [0.25, 0.3) is 0 Å². The largest absolute Gasteiger partial charge is 0.493 e. The minimum atomic E-state index is -0.372. The van der Waals surface area contributed by atoms with Crippen molar-refractivity contribution in [2.45, 2.75) is 45.8 Å². The predicted octanol–water partition coefficient (Wildman–Crippen LogP) is 5.74. The third-order valence-electron chi connectivity index (χ3n) is 4.23. The zero-order valence-corrected chi connectivity index (χ0v) is 16.2. The first-order valence-corrected chi connectivity index (χ1v) is 9.47. The van der Waals surface area contributed by atoms with Crippen molar-refractivity contribution in [3.8, 4) is 11.5 Å². The summed E-state index contributed by atoms with van der Waals surface area (Å²) in [5.74, 6) is 0.876. The van der Waals surface area contributed by atoms with Gasteiger partial charge in [0, 0.05) is 17.7 Å². The molecule has 26 heavy (non-hydrogen) atoms. The summed E-state index contributed by atoms with van der Waals surface area (Å²) in [6, 6.07) is 10.4. The Kier molecular flexibility index (Phi) is 8.72. The van der Waals surface area contributed by atoms with E-state index < -0.39 is 0 Å². The van der Waals surface area contributed by atoms with Crippen LogP contribution in [0.2, 0.25) is 5.02 Å². The highest BCUT2D eigenvalue weighted by atomic mass is 35.5. The summed E-state index contributed by atoms with van der Waals surface area (Å²) in [4.78, 5) is 0. The monoisotopic (exact) mass is 379 g/mol. The number of nitrogens with one attached hydrogen (secondary N) is 1. The summed E-state index contributed by atoms with van der Waals surface area (Å²) >= 11 is 6.09. The first kappa shape index (κ1) is 20.5. The van der Waals surface area contributed by atoms with Crippen LogP contribution < -0.4 is 14.8 Å². The van der Waals surface area contributed by atoms with Crippen LogP contribution in [0.3, 0.4) is 0 Å². The SMILES string of the molecule is CCCCCCNCc1cccc(OC)c1OCc1c(F)cccc1Cl. The maximum absolute atomic E-state index is 14.0. The van der Waals surface area contributed by atoms with Crippen LogP contribution in [0, 0.1) is 5.82 Å². The number of ether oxygens (including phenoxy) is 2. The molecule has 3 nitrogen and oxygen atoms in total. The maximum atomic E-state index is 14.0. The van der Waals surface area contributed by atoms with E-state index in [2.05, 4.69) is 12.2 Å². The van der Waals surface area contributed by atoms with Gasteiger partial charge in [-0.25, -0.2) is 4.39 Å². The Morgan fingerprint density at radius 3 is 2.62 bits per heavy atom. The zero-order chi connectivity index (χ0) is 18.8. The fourth-order valence-electron chi connectivity index (χ4n) is 2.74. The molecule has 0 radical (unpaired) electrons. The van der Waals surface area contributed by atoms with E-state index in [1.807, 2.05) is 18.2 Å². The molecule has 142 valence electrons. The smallest absolute Gasteiger partial charge is 0.166 e. The minimum absolute atomic E-state index is 0.0510. The molecule has 0 spiro atoms. The Bertz CT molecular complexity index is 673. The minimum Gasteiger partial charge on any atom is -0.493 e. The van der Waals surface area contributed by atoms with Gasteiger partial charge in [-0.05, 0) is 31.2 Å². The van der Waals surface area contributed by atoms with Gasteiger partial charge in [0.2, 0.25) is 0 Å². The second-order valence-electron chi connectivity index (χ2n) is 6.17. The van der Waals surface area contributed by atoms with Gasteiger partial charge < -0.3 is 14.8 Å². The standard InChI is InChI=1S/C21H27ClFNO2/c1-3-4-5-6-13-24-14-16-9-7-12-20(25-2)21(16)26-15-17-18(22)10-8-11-19(17)23/h7-12,24H,3-6,13-15H2,1-2H3. The van der Waals surface area contributed by atoms with Crippen LogP contribution in [-0.4, -0.2) is 13.7 Å². The topological polar surface area (TPSA) is 30.5 Å². The van der Waals surface area contributed by atoms with Crippen molar-refractivity contribution in [1.82, 2.24) is 5.32 Å². The van der Waals surface area contributed by atoms with E-state index >= 15 is 0 Å². The predicted molar refractivity (Wildman–Crippen MR) is 105 cm³/mol. The molecule has 2 rings (SSSR count). The molecule has 0 amide bonds. The molecule has 0 aromatic heterocycles. The summed E-state index contributed by atoms with van der Waals surface area (Å²) < 4.78 is 25.3. The Hall–Kier alpha value is -1.78. The van der Waals surface area contributed by atoms with Gasteiger partial charge in [-0.3, -0.25) is 0 Å². The number of methoxy groups -OCH3 is 1. The Morgan fingerprint density at radius 1 is 1.08 bits per heavy atom. The van der Waals surface area contributed by atoms with Crippen molar-refractivity contribution in [3.63, 3.8) is 0 Å². The molecule has 2 aromatic rings. The molecule has 1 N–H and O–H groups in total. The van der Waals surface area contributed by atoms with E-state index in [-0.39, 0.29) is 12.4 Å². The van der Waals surface area contributed by atoms with E-state index in [0.29, 0.717) is 28.6 Å². The quantitative estimate of drug-likeness (QED) is 0.505. The number of rotatable bonds is 11. The van der Waals surface area contributed by atoms with Gasteiger partial charge in [0.15, 0.2) is 11.5 Å². The lowest BCUT2D eigenvalue weighted by atomic mass is 10.1. The Balaban J connectivity index is 2.03. The number of unbranched alkanes of at least 4 members (excludes halogenated alkanes) is 3. The van der Waals surface area contributed by atoms with E-state index in [4.69, 9.17) is 21.1 Å². The van der Waals surface area contributed by atoms with Crippen molar-refractivity contribution in [2.75, 3.05) is 13.7 Å². The van der Waals surface area contributed by atoms with Crippen LogP contribution in [0.1, 0.15) is 43.7 Å². The molecule has 0 unspecified atom stereocenters. The molecule has 0 atom stereocenters. The van der Waals surface area contributed by atoms with Gasteiger partial charge in [0.05, 0.1) is 12.1 Å². The van der Waals surface area contributed by atoms with E-state index in [1.54, 1.807) is 19.2 Å². The molecule has 0 aliphatic heterocycles. The lowest BCUT2D eigenvalue weighted by Gasteiger charge is -2.16. The average molecular weight is 380 g/mol. The number of hydrogen-bond donors (Lipinski definition) is 1. The number of para-hydroxylation sites is 1. The first-order valence-electron chi connectivity index (χ1n) is 9.09. The van der Waals surface area contributed by atoms with E-state index in [1.165, 1.54) is 25.3 Å². The van der Waals surface area contributed by atoms with Crippen LogP contribution in [0.4, 0.5) is 4.39 Å². The van der Waals surface area contributed by atoms with Gasteiger partial charge in [0.25, 0.3) is 0 Å². The van der Waals surface area contributed by atoms with Gasteiger partial charge in [-0.1, -0.05) is 56.0 Å². The molecule has 0 saturated carbocycles. The summed E-state index contributed by atoms with van der Waals surface area (Å²) in [5.41, 5.74) is 1.32. The summed E-state index contributed by atoms with van der Waals surface area (Å²) in [6.07, 6.45) is 4.88. The highest BCUT2D eigenvalue weighted by Crippen LogP contribution is 2.32. The van der Waals surface area contributed by atoms with Crippen LogP contribution in [-0.2, 0) is 13.2 Å². The number of halogens is 2. The first-order chi connectivity index (χ1) is 12.7. The molecule has 5 heteroatoms. The van der Waals surface area contributed by atoms with Crippen molar-refractivity contribution < 1.29 is 13.9 Å². The average Bonchev–Trinajstić information content (AvgIpc) is 2.64. The van der Waals surface area contributed by atoms with E-state index in [9.17, 15) is 4.39 Å². The molecule has 2 aromatic carbocycles. The number of hydrogen-bond acceptors (Lipinski definition) is 3. The third-order valence-corrected chi connectivity index (χ3v) is 4.58. The van der Waals surface area contributed by atoms with E-state index in [0.717, 1.165) is 18.5 Å². The lowest BCUT2D eigenvalue weighted by Crippen LogP contribution is -2.16. The van der Waals surface area contributed by atoms with Crippen molar-refractivity contribution in [2.24, 2.45) is 0 Å².